The number of fused-ring (bicyclic) bond motifs is 1. The first-order valence-electron chi connectivity index (χ1n) is 10.1. The first-order chi connectivity index (χ1) is 13.8. The third-order valence-corrected chi connectivity index (χ3v) is 7.31. The Hall–Kier alpha value is -1.69. The summed E-state index contributed by atoms with van der Waals surface area (Å²) >= 11 is 6.00. The highest BCUT2D eigenvalue weighted by atomic mass is 35.5. The molecule has 1 saturated carbocycles. The Morgan fingerprint density at radius 1 is 1.00 bits per heavy atom. The van der Waals surface area contributed by atoms with Gasteiger partial charge in [0.15, 0.2) is 5.78 Å². The van der Waals surface area contributed by atoms with Gasteiger partial charge in [-0.05, 0) is 67.7 Å². The van der Waals surface area contributed by atoms with Crippen LogP contribution in [0.25, 0.3) is 0 Å². The SMILES string of the molecule is CS(=O)(=O)OC1(C2CCc3ccccc3C2=O)CCC(c2ccc(Cl)cc2)CC1. The fourth-order valence-corrected chi connectivity index (χ4v) is 6.08. The van der Waals surface area contributed by atoms with Crippen molar-refractivity contribution >= 4 is 27.5 Å². The van der Waals surface area contributed by atoms with Crippen molar-refractivity contribution in [3.63, 3.8) is 0 Å². The van der Waals surface area contributed by atoms with E-state index in [0.717, 1.165) is 31.1 Å². The van der Waals surface area contributed by atoms with Crippen LogP contribution in [0.2, 0.25) is 5.02 Å². The number of rotatable bonds is 4. The Morgan fingerprint density at radius 3 is 2.31 bits per heavy atom. The topological polar surface area (TPSA) is 60.4 Å². The summed E-state index contributed by atoms with van der Waals surface area (Å²) in [6, 6.07) is 15.4. The summed E-state index contributed by atoms with van der Waals surface area (Å²) in [5, 5.41) is 0.700. The third-order valence-electron chi connectivity index (χ3n) is 6.43. The van der Waals surface area contributed by atoms with Crippen molar-refractivity contribution < 1.29 is 17.4 Å². The van der Waals surface area contributed by atoms with Crippen LogP contribution in [0.15, 0.2) is 48.5 Å². The van der Waals surface area contributed by atoms with Crippen molar-refractivity contribution in [2.24, 2.45) is 5.92 Å². The molecule has 29 heavy (non-hydrogen) atoms. The fourth-order valence-electron chi connectivity index (χ4n) is 5.07. The van der Waals surface area contributed by atoms with Crippen LogP contribution in [0.3, 0.4) is 0 Å². The minimum Gasteiger partial charge on any atom is -0.294 e. The second-order valence-electron chi connectivity index (χ2n) is 8.29. The molecule has 0 saturated heterocycles. The minimum absolute atomic E-state index is 0.0143. The van der Waals surface area contributed by atoms with E-state index >= 15 is 0 Å². The van der Waals surface area contributed by atoms with Crippen LogP contribution in [-0.2, 0) is 20.7 Å². The number of benzene rings is 2. The molecule has 2 aliphatic carbocycles. The second-order valence-corrected chi connectivity index (χ2v) is 10.3. The van der Waals surface area contributed by atoms with Crippen LogP contribution in [-0.4, -0.2) is 26.1 Å². The molecule has 1 unspecified atom stereocenters. The summed E-state index contributed by atoms with van der Waals surface area (Å²) in [5.41, 5.74) is 1.99. The van der Waals surface area contributed by atoms with Gasteiger partial charge in [0.05, 0.1) is 17.8 Å². The maximum atomic E-state index is 13.3. The van der Waals surface area contributed by atoms with E-state index in [2.05, 4.69) is 0 Å². The van der Waals surface area contributed by atoms with Crippen LogP contribution < -0.4 is 0 Å². The quantitative estimate of drug-likeness (QED) is 0.626. The van der Waals surface area contributed by atoms with Crippen LogP contribution in [0, 0.1) is 5.92 Å². The molecule has 0 aliphatic heterocycles. The lowest BCUT2D eigenvalue weighted by Crippen LogP contribution is -2.49. The summed E-state index contributed by atoms with van der Waals surface area (Å²) in [6.07, 6.45) is 5.13. The van der Waals surface area contributed by atoms with Gasteiger partial charge < -0.3 is 0 Å². The highest BCUT2D eigenvalue weighted by molar-refractivity contribution is 7.86. The molecule has 2 aliphatic rings. The zero-order chi connectivity index (χ0) is 20.6. The van der Waals surface area contributed by atoms with E-state index in [4.69, 9.17) is 15.8 Å². The molecular formula is C23H25ClO4S. The normalized spacial score (nSPS) is 27.4. The number of aryl methyl sites for hydroxylation is 1. The largest absolute Gasteiger partial charge is 0.294 e. The zero-order valence-electron chi connectivity index (χ0n) is 16.4. The lowest BCUT2D eigenvalue weighted by molar-refractivity contribution is -0.0184. The maximum absolute atomic E-state index is 13.3. The molecule has 0 amide bonds. The van der Waals surface area contributed by atoms with Crippen molar-refractivity contribution in [3.8, 4) is 0 Å². The van der Waals surface area contributed by atoms with E-state index in [9.17, 15) is 13.2 Å². The average molecular weight is 433 g/mol. The molecule has 2 aromatic rings. The van der Waals surface area contributed by atoms with Crippen LogP contribution >= 0.6 is 11.6 Å². The molecule has 0 spiro atoms. The first kappa shape index (κ1) is 20.6. The van der Waals surface area contributed by atoms with E-state index in [0.29, 0.717) is 35.8 Å². The van der Waals surface area contributed by atoms with Crippen molar-refractivity contribution in [2.45, 2.75) is 50.0 Å². The van der Waals surface area contributed by atoms with Gasteiger partial charge in [-0.3, -0.25) is 8.98 Å². The highest BCUT2D eigenvalue weighted by Gasteiger charge is 2.50. The number of hydrogen-bond acceptors (Lipinski definition) is 4. The summed E-state index contributed by atoms with van der Waals surface area (Å²) in [7, 11) is -3.69. The lowest BCUT2D eigenvalue weighted by Gasteiger charge is -2.45. The van der Waals surface area contributed by atoms with Crippen LogP contribution in [0.5, 0.6) is 0 Å². The van der Waals surface area contributed by atoms with Gasteiger partial charge in [-0.15, -0.1) is 0 Å². The Bertz CT molecular complexity index is 1010. The summed E-state index contributed by atoms with van der Waals surface area (Å²) in [6.45, 7) is 0. The third kappa shape index (κ3) is 4.27. The number of carbonyl (C=O) groups is 1. The molecule has 1 fully saturated rings. The van der Waals surface area contributed by atoms with Crippen molar-refractivity contribution in [3.05, 3.63) is 70.2 Å². The average Bonchev–Trinajstić information content (AvgIpc) is 2.68. The van der Waals surface area contributed by atoms with Gasteiger partial charge in [0.1, 0.15) is 0 Å². The molecule has 2 aromatic carbocycles. The molecular weight excluding hydrogens is 408 g/mol. The Morgan fingerprint density at radius 2 is 1.66 bits per heavy atom. The van der Waals surface area contributed by atoms with Crippen molar-refractivity contribution in [1.82, 2.24) is 0 Å². The first-order valence-corrected chi connectivity index (χ1v) is 12.3. The molecule has 0 aromatic heterocycles. The van der Waals surface area contributed by atoms with E-state index in [-0.39, 0.29) is 5.78 Å². The number of halogens is 1. The minimum atomic E-state index is -3.69. The van der Waals surface area contributed by atoms with E-state index in [1.807, 2.05) is 48.5 Å². The smallest absolute Gasteiger partial charge is 0.264 e. The molecule has 1 atom stereocenters. The summed E-state index contributed by atoms with van der Waals surface area (Å²) in [4.78, 5) is 13.3. The molecule has 4 rings (SSSR count). The second kappa shape index (κ2) is 7.86. The maximum Gasteiger partial charge on any atom is 0.264 e. The number of carbonyl (C=O) groups excluding carboxylic acids is 1. The van der Waals surface area contributed by atoms with Gasteiger partial charge in [0.25, 0.3) is 10.1 Å². The molecule has 0 heterocycles. The Kier molecular flexibility index (Phi) is 5.58. The molecule has 154 valence electrons. The number of ketones is 1. The van der Waals surface area contributed by atoms with Gasteiger partial charge in [0, 0.05) is 10.6 Å². The summed E-state index contributed by atoms with van der Waals surface area (Å²) < 4.78 is 30.0. The van der Waals surface area contributed by atoms with Gasteiger partial charge in [-0.1, -0.05) is 48.0 Å². The molecule has 6 heteroatoms. The van der Waals surface area contributed by atoms with Gasteiger partial charge in [0.2, 0.25) is 0 Å². The van der Waals surface area contributed by atoms with E-state index in [1.165, 1.54) is 5.56 Å². The van der Waals surface area contributed by atoms with Crippen molar-refractivity contribution in [1.29, 1.82) is 0 Å². The molecule has 4 nitrogen and oxygen atoms in total. The number of Topliss-reactive ketones (excluding diaryl/α,β-unsaturated/α-hetero) is 1. The summed E-state index contributed by atoms with van der Waals surface area (Å²) in [5.74, 6) is -0.103. The van der Waals surface area contributed by atoms with Gasteiger partial charge in [-0.25, -0.2) is 0 Å². The zero-order valence-corrected chi connectivity index (χ0v) is 18.0. The Balaban J connectivity index is 1.61. The lowest BCUT2D eigenvalue weighted by atomic mass is 9.65. The molecule has 0 bridgehead atoms. The fraction of sp³-hybridized carbons (Fsp3) is 0.435. The van der Waals surface area contributed by atoms with E-state index < -0.39 is 21.6 Å². The van der Waals surface area contributed by atoms with E-state index in [1.54, 1.807) is 0 Å². The predicted molar refractivity (Wildman–Crippen MR) is 114 cm³/mol. The van der Waals surface area contributed by atoms with Crippen LogP contribution in [0.1, 0.15) is 59.5 Å². The molecule has 0 radical (unpaired) electrons. The van der Waals surface area contributed by atoms with Crippen LogP contribution in [0.4, 0.5) is 0 Å². The number of hydrogen-bond donors (Lipinski definition) is 0. The predicted octanol–water partition coefficient (Wildman–Crippen LogP) is 5.16. The monoisotopic (exact) mass is 432 g/mol. The molecule has 0 N–H and O–H groups in total. The highest BCUT2D eigenvalue weighted by Crippen LogP contribution is 2.48. The standard InChI is InChI=1S/C23H25ClO4S/c1-29(26,27)28-23(21-11-8-18-4-2-3-5-20(18)22(21)25)14-12-17(13-15-23)16-6-9-19(24)10-7-16/h2-7,9-10,17,21H,8,11-15H2,1H3. The van der Waals surface area contributed by atoms with Gasteiger partial charge >= 0.3 is 0 Å². The van der Waals surface area contributed by atoms with Gasteiger partial charge in [-0.2, -0.15) is 8.42 Å². The van der Waals surface area contributed by atoms with Crippen molar-refractivity contribution in [2.75, 3.05) is 6.26 Å². The Labute approximate surface area is 177 Å².